The van der Waals surface area contributed by atoms with Crippen LogP contribution in [0.1, 0.15) is 23.2 Å². The van der Waals surface area contributed by atoms with Gasteiger partial charge in [-0.3, -0.25) is 4.79 Å². The van der Waals surface area contributed by atoms with Gasteiger partial charge in [0, 0.05) is 17.8 Å². The van der Waals surface area contributed by atoms with E-state index < -0.39 is 0 Å². The molecule has 1 aliphatic carbocycles. The lowest BCUT2D eigenvalue weighted by molar-refractivity contribution is 0.0563. The highest BCUT2D eigenvalue weighted by Gasteiger charge is 2.29. The third kappa shape index (κ3) is 2.73. The lowest BCUT2D eigenvalue weighted by Gasteiger charge is -2.32. The molecule has 0 saturated heterocycles. The van der Waals surface area contributed by atoms with Gasteiger partial charge in [0.25, 0.3) is 5.91 Å². The number of hydrogen-bond acceptors (Lipinski definition) is 5. The van der Waals surface area contributed by atoms with Crippen molar-refractivity contribution in [2.75, 3.05) is 20.0 Å². The minimum Gasteiger partial charge on any atom is -0.493 e. The fourth-order valence-corrected chi connectivity index (χ4v) is 2.06. The molecule has 0 spiro atoms. The number of anilines is 1. The molecular weight excluding hydrogens is 248 g/mol. The van der Waals surface area contributed by atoms with Gasteiger partial charge < -0.3 is 25.6 Å². The Labute approximate surface area is 111 Å². The van der Waals surface area contributed by atoms with Crippen LogP contribution >= 0.6 is 0 Å². The van der Waals surface area contributed by atoms with Gasteiger partial charge in [0.1, 0.15) is 0 Å². The van der Waals surface area contributed by atoms with Gasteiger partial charge in [-0.1, -0.05) is 0 Å². The van der Waals surface area contributed by atoms with Crippen molar-refractivity contribution in [1.29, 1.82) is 0 Å². The topological polar surface area (TPSA) is 93.8 Å². The molecule has 1 aromatic carbocycles. The Bertz CT molecular complexity index is 484. The molecule has 0 unspecified atom stereocenters. The Morgan fingerprint density at radius 1 is 1.32 bits per heavy atom. The van der Waals surface area contributed by atoms with E-state index in [4.69, 9.17) is 15.2 Å². The van der Waals surface area contributed by atoms with Crippen LogP contribution in [-0.2, 0) is 0 Å². The van der Waals surface area contributed by atoms with Crippen LogP contribution in [0, 0.1) is 0 Å². The van der Waals surface area contributed by atoms with E-state index in [-0.39, 0.29) is 18.1 Å². The van der Waals surface area contributed by atoms with Crippen molar-refractivity contribution in [2.24, 2.45) is 0 Å². The first-order valence-electron chi connectivity index (χ1n) is 6.05. The van der Waals surface area contributed by atoms with Crippen LogP contribution in [-0.4, -0.2) is 37.4 Å². The summed E-state index contributed by atoms with van der Waals surface area (Å²) in [6.45, 7) is 0. The maximum Gasteiger partial charge on any atom is 0.253 e. The Kier molecular flexibility index (Phi) is 3.80. The highest BCUT2D eigenvalue weighted by atomic mass is 16.5. The zero-order valence-electron chi connectivity index (χ0n) is 11.0. The summed E-state index contributed by atoms with van der Waals surface area (Å²) in [6.07, 6.45) is 0.853. The van der Waals surface area contributed by atoms with E-state index >= 15 is 0 Å². The summed E-state index contributed by atoms with van der Waals surface area (Å²) in [7, 11) is 3.00. The third-order valence-electron chi connectivity index (χ3n) is 3.25. The van der Waals surface area contributed by atoms with Crippen LogP contribution in [0.25, 0.3) is 0 Å². The standard InChI is InChI=1S/C13H18N2O4/c1-18-11-5-9(10(14)6-12(11)19-2)13(17)15-7-3-8(16)4-7/h5-8,16H,3-4,14H2,1-2H3,(H,15,17). The number of benzene rings is 1. The lowest BCUT2D eigenvalue weighted by Crippen LogP contribution is -2.46. The first-order valence-corrected chi connectivity index (χ1v) is 6.05. The highest BCUT2D eigenvalue weighted by Crippen LogP contribution is 2.32. The SMILES string of the molecule is COc1cc(N)c(C(=O)NC2CC(O)C2)cc1OC. The molecule has 19 heavy (non-hydrogen) atoms. The molecule has 0 heterocycles. The molecule has 1 fully saturated rings. The third-order valence-corrected chi connectivity index (χ3v) is 3.25. The molecule has 1 aromatic rings. The molecule has 1 saturated carbocycles. The number of methoxy groups -OCH3 is 2. The number of carbonyl (C=O) groups excluding carboxylic acids is 1. The number of ether oxygens (including phenoxy) is 2. The number of nitrogen functional groups attached to an aromatic ring is 1. The van der Waals surface area contributed by atoms with Crippen LogP contribution < -0.4 is 20.5 Å². The van der Waals surface area contributed by atoms with Crippen LogP contribution in [0.4, 0.5) is 5.69 Å². The summed E-state index contributed by atoms with van der Waals surface area (Å²) in [5.41, 5.74) is 6.51. The molecule has 0 atom stereocenters. The first-order chi connectivity index (χ1) is 9.05. The van der Waals surface area contributed by atoms with Crippen LogP contribution in [0.3, 0.4) is 0 Å². The molecule has 0 aromatic heterocycles. The van der Waals surface area contributed by atoms with Crippen LogP contribution in [0.15, 0.2) is 12.1 Å². The van der Waals surface area contributed by atoms with E-state index in [1.807, 2.05) is 0 Å². The Hall–Kier alpha value is -1.95. The van der Waals surface area contributed by atoms with Gasteiger partial charge in [0.05, 0.1) is 25.9 Å². The maximum absolute atomic E-state index is 12.1. The molecule has 104 valence electrons. The molecule has 0 bridgehead atoms. The second-order valence-corrected chi connectivity index (χ2v) is 4.59. The molecule has 6 heteroatoms. The van der Waals surface area contributed by atoms with E-state index in [0.717, 1.165) is 0 Å². The van der Waals surface area contributed by atoms with E-state index in [1.54, 1.807) is 12.1 Å². The number of aliphatic hydroxyl groups excluding tert-OH is 1. The first kappa shape index (κ1) is 13.5. The Balaban J connectivity index is 2.16. The van der Waals surface area contributed by atoms with E-state index in [9.17, 15) is 9.90 Å². The summed E-state index contributed by atoms with van der Waals surface area (Å²) < 4.78 is 10.3. The molecule has 0 radical (unpaired) electrons. The van der Waals surface area contributed by atoms with Crippen molar-refractivity contribution in [3.8, 4) is 11.5 Å². The van der Waals surface area contributed by atoms with E-state index in [2.05, 4.69) is 5.32 Å². The van der Waals surface area contributed by atoms with Gasteiger partial charge in [-0.25, -0.2) is 0 Å². The van der Waals surface area contributed by atoms with E-state index in [1.165, 1.54) is 14.2 Å². The van der Waals surface area contributed by atoms with E-state index in [0.29, 0.717) is 35.6 Å². The predicted molar refractivity (Wildman–Crippen MR) is 70.5 cm³/mol. The fourth-order valence-electron chi connectivity index (χ4n) is 2.06. The summed E-state index contributed by atoms with van der Waals surface area (Å²) >= 11 is 0. The van der Waals surface area contributed by atoms with Crippen molar-refractivity contribution in [2.45, 2.75) is 25.0 Å². The predicted octanol–water partition coefficient (Wildman–Crippen LogP) is 0.539. The van der Waals surface area contributed by atoms with Crippen molar-refractivity contribution < 1.29 is 19.4 Å². The molecule has 6 nitrogen and oxygen atoms in total. The van der Waals surface area contributed by atoms with Gasteiger partial charge in [-0.15, -0.1) is 0 Å². The minimum atomic E-state index is -0.312. The number of hydrogen-bond donors (Lipinski definition) is 3. The zero-order valence-corrected chi connectivity index (χ0v) is 11.0. The van der Waals surface area contributed by atoms with Gasteiger partial charge in [0.2, 0.25) is 0 Å². The molecular formula is C13H18N2O4. The molecule has 0 aliphatic heterocycles. The number of carbonyl (C=O) groups is 1. The summed E-state index contributed by atoms with van der Waals surface area (Å²) in [6, 6.07) is 3.12. The second kappa shape index (κ2) is 5.36. The van der Waals surface area contributed by atoms with Crippen LogP contribution in [0.2, 0.25) is 0 Å². The molecule has 1 aliphatic rings. The molecule has 4 N–H and O–H groups in total. The van der Waals surface area contributed by atoms with Crippen molar-refractivity contribution in [3.63, 3.8) is 0 Å². The number of aliphatic hydroxyl groups is 1. The Morgan fingerprint density at radius 2 is 1.89 bits per heavy atom. The summed E-state index contributed by atoms with van der Waals surface area (Å²) in [5, 5.41) is 12.0. The molecule has 1 amide bonds. The monoisotopic (exact) mass is 266 g/mol. The van der Waals surface area contributed by atoms with Crippen molar-refractivity contribution in [3.05, 3.63) is 17.7 Å². The van der Waals surface area contributed by atoms with Crippen LogP contribution in [0.5, 0.6) is 11.5 Å². The normalized spacial score (nSPS) is 21.4. The summed E-state index contributed by atoms with van der Waals surface area (Å²) in [4.78, 5) is 12.1. The van der Waals surface area contributed by atoms with Gasteiger partial charge in [-0.05, 0) is 18.9 Å². The summed E-state index contributed by atoms with van der Waals surface area (Å²) in [5.74, 6) is 0.668. The highest BCUT2D eigenvalue weighted by molar-refractivity contribution is 6.00. The van der Waals surface area contributed by atoms with Gasteiger partial charge >= 0.3 is 0 Å². The molecule has 2 rings (SSSR count). The average Bonchev–Trinajstić information content (AvgIpc) is 2.36. The van der Waals surface area contributed by atoms with Crippen molar-refractivity contribution in [1.82, 2.24) is 5.32 Å². The fraction of sp³-hybridized carbons (Fsp3) is 0.462. The minimum absolute atomic E-state index is 0.00926. The zero-order chi connectivity index (χ0) is 14.0. The van der Waals surface area contributed by atoms with Gasteiger partial charge in [-0.2, -0.15) is 0 Å². The number of nitrogens with two attached hydrogens (primary N) is 1. The maximum atomic E-state index is 12.1. The number of rotatable bonds is 4. The number of nitrogens with one attached hydrogen (secondary N) is 1. The Morgan fingerprint density at radius 3 is 2.42 bits per heavy atom. The quantitative estimate of drug-likeness (QED) is 0.691. The smallest absolute Gasteiger partial charge is 0.253 e. The largest absolute Gasteiger partial charge is 0.493 e. The van der Waals surface area contributed by atoms with Crippen molar-refractivity contribution >= 4 is 11.6 Å². The average molecular weight is 266 g/mol. The van der Waals surface area contributed by atoms with Gasteiger partial charge in [0.15, 0.2) is 11.5 Å². The lowest BCUT2D eigenvalue weighted by atomic mass is 9.89. The second-order valence-electron chi connectivity index (χ2n) is 4.59. The number of amides is 1.